The molecular weight excluding hydrogens is 184 g/mol. The van der Waals surface area contributed by atoms with Gasteiger partial charge in [-0.1, -0.05) is 13.8 Å². The number of rotatable bonds is 5. The number of hydrogen-bond acceptors (Lipinski definition) is 4. The summed E-state index contributed by atoms with van der Waals surface area (Å²) in [5, 5.41) is 11.1. The predicted molar refractivity (Wildman–Crippen MR) is 52.5 cm³/mol. The predicted octanol–water partition coefficient (Wildman–Crippen LogP) is -0.964. The van der Waals surface area contributed by atoms with E-state index >= 15 is 0 Å². The van der Waals surface area contributed by atoms with E-state index in [1.165, 1.54) is 6.92 Å². The molecule has 82 valence electrons. The lowest BCUT2D eigenvalue weighted by atomic mass is 10.0. The van der Waals surface area contributed by atoms with Crippen molar-refractivity contribution in [3.05, 3.63) is 0 Å². The first-order valence-electron chi connectivity index (χ1n) is 4.57. The fraction of sp³-hybridized carbons (Fsp3) is 0.778. The quantitative estimate of drug-likeness (QED) is 0.535. The molecule has 5 heteroatoms. The van der Waals surface area contributed by atoms with Crippen molar-refractivity contribution in [2.24, 2.45) is 11.7 Å². The molecule has 0 aromatic heterocycles. The van der Waals surface area contributed by atoms with Gasteiger partial charge in [0.2, 0.25) is 5.91 Å². The second kappa shape index (κ2) is 5.72. The van der Waals surface area contributed by atoms with Gasteiger partial charge in [-0.25, -0.2) is 0 Å². The van der Waals surface area contributed by atoms with Crippen molar-refractivity contribution in [2.75, 3.05) is 6.61 Å². The maximum atomic E-state index is 11.2. The molecule has 0 radical (unpaired) electrons. The van der Waals surface area contributed by atoms with E-state index in [1.807, 2.05) is 13.8 Å². The SMILES string of the molecule is CC(=O)C(NC(=O)C(N)CO)C(C)C. The van der Waals surface area contributed by atoms with Crippen molar-refractivity contribution < 1.29 is 14.7 Å². The van der Waals surface area contributed by atoms with Crippen LogP contribution in [0.15, 0.2) is 0 Å². The highest BCUT2D eigenvalue weighted by Gasteiger charge is 2.22. The molecule has 0 aliphatic heterocycles. The Labute approximate surface area is 83.7 Å². The van der Waals surface area contributed by atoms with E-state index in [9.17, 15) is 9.59 Å². The van der Waals surface area contributed by atoms with Crippen molar-refractivity contribution in [2.45, 2.75) is 32.9 Å². The molecule has 0 aromatic rings. The van der Waals surface area contributed by atoms with Crippen LogP contribution in [0.3, 0.4) is 0 Å². The highest BCUT2D eigenvalue weighted by atomic mass is 16.3. The molecule has 0 aromatic carbocycles. The Balaban J connectivity index is 4.31. The monoisotopic (exact) mass is 202 g/mol. The summed E-state index contributed by atoms with van der Waals surface area (Å²) < 4.78 is 0. The van der Waals surface area contributed by atoms with E-state index in [4.69, 9.17) is 10.8 Å². The summed E-state index contributed by atoms with van der Waals surface area (Å²) in [6, 6.07) is -1.49. The highest BCUT2D eigenvalue weighted by molar-refractivity contribution is 5.89. The van der Waals surface area contributed by atoms with Gasteiger partial charge in [0.15, 0.2) is 5.78 Å². The van der Waals surface area contributed by atoms with Crippen LogP contribution in [0.1, 0.15) is 20.8 Å². The van der Waals surface area contributed by atoms with Crippen molar-refractivity contribution in [3.8, 4) is 0 Å². The van der Waals surface area contributed by atoms with Crippen LogP contribution in [0.4, 0.5) is 0 Å². The molecule has 0 spiro atoms. The molecule has 0 aliphatic carbocycles. The lowest BCUT2D eigenvalue weighted by Gasteiger charge is -2.20. The van der Waals surface area contributed by atoms with Gasteiger partial charge in [0.25, 0.3) is 0 Å². The average molecular weight is 202 g/mol. The van der Waals surface area contributed by atoms with Crippen molar-refractivity contribution >= 4 is 11.7 Å². The van der Waals surface area contributed by atoms with E-state index < -0.39 is 24.6 Å². The van der Waals surface area contributed by atoms with E-state index in [1.54, 1.807) is 0 Å². The zero-order valence-corrected chi connectivity index (χ0v) is 8.78. The first-order chi connectivity index (χ1) is 6.40. The summed E-state index contributed by atoms with van der Waals surface area (Å²) in [7, 11) is 0. The number of carbonyl (C=O) groups excluding carboxylic acids is 2. The normalized spacial score (nSPS) is 15.0. The van der Waals surface area contributed by atoms with Crippen LogP contribution in [0, 0.1) is 5.92 Å². The number of ketones is 1. The third-order valence-electron chi connectivity index (χ3n) is 1.94. The Morgan fingerprint density at radius 2 is 1.93 bits per heavy atom. The Kier molecular flexibility index (Phi) is 5.34. The fourth-order valence-corrected chi connectivity index (χ4v) is 1.08. The fourth-order valence-electron chi connectivity index (χ4n) is 1.08. The topological polar surface area (TPSA) is 92.4 Å². The van der Waals surface area contributed by atoms with Gasteiger partial charge in [-0.2, -0.15) is 0 Å². The summed E-state index contributed by atoms with van der Waals surface area (Å²) in [6.45, 7) is 4.65. The van der Waals surface area contributed by atoms with Gasteiger partial charge >= 0.3 is 0 Å². The smallest absolute Gasteiger partial charge is 0.239 e. The number of hydrogen-bond donors (Lipinski definition) is 3. The minimum atomic E-state index is -0.962. The molecular formula is C9H18N2O3. The number of Topliss-reactive ketones (excluding diaryl/α,β-unsaturated/α-hetero) is 1. The number of aliphatic hydroxyl groups excluding tert-OH is 1. The maximum Gasteiger partial charge on any atom is 0.239 e. The molecule has 0 bridgehead atoms. The van der Waals surface area contributed by atoms with Gasteiger partial charge in [-0.15, -0.1) is 0 Å². The Bertz CT molecular complexity index is 216. The van der Waals surface area contributed by atoms with Gasteiger partial charge in [-0.05, 0) is 12.8 Å². The first-order valence-corrected chi connectivity index (χ1v) is 4.57. The highest BCUT2D eigenvalue weighted by Crippen LogP contribution is 2.02. The molecule has 0 aliphatic rings. The number of carbonyl (C=O) groups is 2. The first kappa shape index (κ1) is 13.1. The molecule has 2 atom stereocenters. The molecule has 0 saturated heterocycles. The average Bonchev–Trinajstić information content (AvgIpc) is 2.11. The largest absolute Gasteiger partial charge is 0.394 e. The molecule has 1 amide bonds. The minimum absolute atomic E-state index is 0.0161. The number of nitrogens with two attached hydrogens (primary N) is 1. The molecule has 0 heterocycles. The Morgan fingerprint density at radius 1 is 1.43 bits per heavy atom. The number of aliphatic hydroxyl groups is 1. The van der Waals surface area contributed by atoms with Crippen LogP contribution >= 0.6 is 0 Å². The van der Waals surface area contributed by atoms with Crippen LogP contribution < -0.4 is 11.1 Å². The zero-order chi connectivity index (χ0) is 11.3. The van der Waals surface area contributed by atoms with Crippen LogP contribution in [0.25, 0.3) is 0 Å². The summed E-state index contributed by atoms with van der Waals surface area (Å²) in [5.74, 6) is -0.595. The standard InChI is InChI=1S/C9H18N2O3/c1-5(2)8(6(3)13)11-9(14)7(10)4-12/h5,7-8,12H,4,10H2,1-3H3,(H,11,14). The van der Waals surface area contributed by atoms with Gasteiger partial charge in [0.05, 0.1) is 12.6 Å². The van der Waals surface area contributed by atoms with Crippen LogP contribution in [0.2, 0.25) is 0 Å². The van der Waals surface area contributed by atoms with Gasteiger partial charge in [-0.3, -0.25) is 9.59 Å². The van der Waals surface area contributed by atoms with E-state index in [0.717, 1.165) is 0 Å². The van der Waals surface area contributed by atoms with Gasteiger partial charge in [0.1, 0.15) is 6.04 Å². The summed E-state index contributed by atoms with van der Waals surface area (Å²) in [5.41, 5.74) is 5.29. The van der Waals surface area contributed by atoms with Crippen LogP contribution in [-0.2, 0) is 9.59 Å². The van der Waals surface area contributed by atoms with Crippen LogP contribution in [-0.4, -0.2) is 35.5 Å². The second-order valence-electron chi connectivity index (χ2n) is 3.63. The van der Waals surface area contributed by atoms with E-state index in [-0.39, 0.29) is 11.7 Å². The third-order valence-corrected chi connectivity index (χ3v) is 1.94. The van der Waals surface area contributed by atoms with Gasteiger partial charge < -0.3 is 16.2 Å². The molecule has 0 fully saturated rings. The summed E-state index contributed by atoms with van der Waals surface area (Å²) in [6.07, 6.45) is 0. The zero-order valence-electron chi connectivity index (χ0n) is 8.78. The molecule has 4 N–H and O–H groups in total. The molecule has 5 nitrogen and oxygen atoms in total. The summed E-state index contributed by atoms with van der Waals surface area (Å²) in [4.78, 5) is 22.4. The summed E-state index contributed by atoms with van der Waals surface area (Å²) >= 11 is 0. The van der Waals surface area contributed by atoms with E-state index in [0.29, 0.717) is 0 Å². The van der Waals surface area contributed by atoms with E-state index in [2.05, 4.69) is 5.32 Å². The lowest BCUT2D eigenvalue weighted by Crippen LogP contribution is -2.51. The molecule has 14 heavy (non-hydrogen) atoms. The minimum Gasteiger partial charge on any atom is -0.394 e. The Morgan fingerprint density at radius 3 is 2.21 bits per heavy atom. The van der Waals surface area contributed by atoms with Gasteiger partial charge in [0, 0.05) is 0 Å². The molecule has 0 saturated carbocycles. The van der Waals surface area contributed by atoms with Crippen molar-refractivity contribution in [1.82, 2.24) is 5.32 Å². The third kappa shape index (κ3) is 3.85. The molecule has 2 unspecified atom stereocenters. The maximum absolute atomic E-state index is 11.2. The molecule has 0 rings (SSSR count). The Hall–Kier alpha value is -0.940. The second-order valence-corrected chi connectivity index (χ2v) is 3.63. The van der Waals surface area contributed by atoms with Crippen molar-refractivity contribution in [3.63, 3.8) is 0 Å². The lowest BCUT2D eigenvalue weighted by molar-refractivity contribution is -0.129. The van der Waals surface area contributed by atoms with Crippen molar-refractivity contribution in [1.29, 1.82) is 0 Å². The number of nitrogens with one attached hydrogen (secondary N) is 1. The number of amides is 1. The van der Waals surface area contributed by atoms with Crippen LogP contribution in [0.5, 0.6) is 0 Å².